The van der Waals surface area contributed by atoms with Crippen LogP contribution in [0.25, 0.3) is 17.2 Å². The quantitative estimate of drug-likeness (QED) is 0.303. The SMILES string of the molecule is CCc1ccc(/C=C/C(=O)Oc2ccc(-c3ccc(CC)cc3)cc2)cc1. The van der Waals surface area contributed by atoms with Crippen LogP contribution in [0.3, 0.4) is 0 Å². The summed E-state index contributed by atoms with van der Waals surface area (Å²) < 4.78 is 5.38. The lowest BCUT2D eigenvalue weighted by molar-refractivity contribution is -0.128. The van der Waals surface area contributed by atoms with E-state index in [2.05, 4.69) is 50.2 Å². The Morgan fingerprint density at radius 2 is 1.22 bits per heavy atom. The van der Waals surface area contributed by atoms with E-state index < -0.39 is 0 Å². The molecule has 0 bridgehead atoms. The topological polar surface area (TPSA) is 26.3 Å². The van der Waals surface area contributed by atoms with E-state index in [9.17, 15) is 4.79 Å². The van der Waals surface area contributed by atoms with Crippen molar-refractivity contribution in [3.05, 3.63) is 95.6 Å². The van der Waals surface area contributed by atoms with Crippen LogP contribution in [0, 0.1) is 0 Å². The fraction of sp³-hybridized carbons (Fsp3) is 0.160. The molecule has 3 aromatic rings. The van der Waals surface area contributed by atoms with Gasteiger partial charge in [-0.05, 0) is 58.9 Å². The maximum atomic E-state index is 12.0. The number of ether oxygens (including phenoxy) is 1. The second-order valence-corrected chi connectivity index (χ2v) is 6.42. The second kappa shape index (κ2) is 9.00. The summed E-state index contributed by atoms with van der Waals surface area (Å²) in [6.07, 6.45) is 5.26. The van der Waals surface area contributed by atoms with Crippen molar-refractivity contribution in [3.63, 3.8) is 0 Å². The Labute approximate surface area is 161 Å². The highest BCUT2D eigenvalue weighted by molar-refractivity contribution is 5.88. The molecule has 0 amide bonds. The fourth-order valence-corrected chi connectivity index (χ4v) is 2.83. The van der Waals surface area contributed by atoms with Crippen LogP contribution in [0.1, 0.15) is 30.5 Å². The Bertz CT molecular complexity index is 902. The van der Waals surface area contributed by atoms with Gasteiger partial charge >= 0.3 is 5.97 Å². The average Bonchev–Trinajstić information content (AvgIpc) is 2.73. The molecule has 3 aromatic carbocycles. The number of carbonyl (C=O) groups is 1. The van der Waals surface area contributed by atoms with Gasteiger partial charge in [-0.25, -0.2) is 4.79 Å². The molecule has 27 heavy (non-hydrogen) atoms. The van der Waals surface area contributed by atoms with Crippen molar-refractivity contribution in [2.75, 3.05) is 0 Å². The van der Waals surface area contributed by atoms with Gasteiger partial charge in [0.05, 0.1) is 0 Å². The molecule has 0 radical (unpaired) electrons. The van der Waals surface area contributed by atoms with Gasteiger partial charge in [-0.2, -0.15) is 0 Å². The Hall–Kier alpha value is -3.13. The first kappa shape index (κ1) is 18.7. The van der Waals surface area contributed by atoms with E-state index in [1.165, 1.54) is 17.2 Å². The smallest absolute Gasteiger partial charge is 0.336 e. The lowest BCUT2D eigenvalue weighted by atomic mass is 10.0. The number of aryl methyl sites for hydroxylation is 2. The molecule has 0 fully saturated rings. The summed E-state index contributed by atoms with van der Waals surface area (Å²) in [7, 11) is 0. The number of hydrogen-bond acceptors (Lipinski definition) is 2. The highest BCUT2D eigenvalue weighted by Crippen LogP contribution is 2.23. The molecule has 136 valence electrons. The number of hydrogen-bond donors (Lipinski definition) is 0. The second-order valence-electron chi connectivity index (χ2n) is 6.42. The summed E-state index contributed by atoms with van der Waals surface area (Å²) in [5.74, 6) is 0.162. The predicted molar refractivity (Wildman–Crippen MR) is 112 cm³/mol. The van der Waals surface area contributed by atoms with Gasteiger partial charge in [-0.1, -0.05) is 74.5 Å². The van der Waals surface area contributed by atoms with Crippen LogP contribution in [0.4, 0.5) is 0 Å². The molecule has 2 heteroatoms. The van der Waals surface area contributed by atoms with Gasteiger partial charge in [0.25, 0.3) is 0 Å². The Balaban J connectivity index is 1.61. The van der Waals surface area contributed by atoms with Crippen LogP contribution in [-0.2, 0) is 17.6 Å². The summed E-state index contributed by atoms with van der Waals surface area (Å²) in [5.41, 5.74) is 5.83. The summed E-state index contributed by atoms with van der Waals surface area (Å²) in [4.78, 5) is 12.0. The molecule has 0 aliphatic rings. The standard InChI is InChI=1S/C25H24O2/c1-3-19-5-7-21(8-6-19)11-18-25(26)27-24-16-14-23(15-17-24)22-12-9-20(4-2)10-13-22/h5-18H,3-4H2,1-2H3/b18-11+. The van der Waals surface area contributed by atoms with Gasteiger partial charge < -0.3 is 4.74 Å². The van der Waals surface area contributed by atoms with E-state index in [0.717, 1.165) is 29.5 Å². The molecule has 0 aromatic heterocycles. The Morgan fingerprint density at radius 3 is 1.74 bits per heavy atom. The number of rotatable bonds is 6. The summed E-state index contributed by atoms with van der Waals surface area (Å²) in [6.45, 7) is 4.26. The van der Waals surface area contributed by atoms with E-state index in [1.807, 2.05) is 36.4 Å². The van der Waals surface area contributed by atoms with Gasteiger partial charge in [0.1, 0.15) is 5.75 Å². The minimum atomic E-state index is -0.380. The Morgan fingerprint density at radius 1 is 0.741 bits per heavy atom. The van der Waals surface area contributed by atoms with Crippen molar-refractivity contribution in [1.29, 1.82) is 0 Å². The third-order valence-corrected chi connectivity index (χ3v) is 4.57. The zero-order chi connectivity index (χ0) is 19.1. The van der Waals surface area contributed by atoms with Crippen LogP contribution in [0.2, 0.25) is 0 Å². The lowest BCUT2D eigenvalue weighted by Gasteiger charge is -2.05. The molecule has 2 nitrogen and oxygen atoms in total. The average molecular weight is 356 g/mol. The van der Waals surface area contributed by atoms with Crippen LogP contribution >= 0.6 is 0 Å². The van der Waals surface area contributed by atoms with Crippen molar-refractivity contribution < 1.29 is 9.53 Å². The van der Waals surface area contributed by atoms with Crippen molar-refractivity contribution in [3.8, 4) is 16.9 Å². The molecule has 0 saturated heterocycles. The van der Waals surface area contributed by atoms with Gasteiger partial charge in [0.15, 0.2) is 0 Å². The number of carbonyl (C=O) groups excluding carboxylic acids is 1. The summed E-state index contributed by atoms with van der Waals surface area (Å²) in [6, 6.07) is 24.2. The molecule has 0 aliphatic heterocycles. The predicted octanol–water partition coefficient (Wildman–Crippen LogP) is 6.10. The molecule has 0 heterocycles. The van der Waals surface area contributed by atoms with E-state index >= 15 is 0 Å². The first-order chi connectivity index (χ1) is 13.2. The van der Waals surface area contributed by atoms with E-state index in [-0.39, 0.29) is 5.97 Å². The van der Waals surface area contributed by atoms with Crippen molar-refractivity contribution >= 4 is 12.0 Å². The normalized spacial score (nSPS) is 10.9. The zero-order valence-electron chi connectivity index (χ0n) is 15.8. The highest BCUT2D eigenvalue weighted by atomic mass is 16.5. The lowest BCUT2D eigenvalue weighted by Crippen LogP contribution is -2.03. The molecular weight excluding hydrogens is 332 g/mol. The van der Waals surface area contributed by atoms with Crippen molar-refractivity contribution in [2.45, 2.75) is 26.7 Å². The molecule has 0 spiro atoms. The van der Waals surface area contributed by atoms with E-state index in [0.29, 0.717) is 5.75 Å². The molecule has 3 rings (SSSR count). The van der Waals surface area contributed by atoms with Crippen LogP contribution in [0.15, 0.2) is 78.9 Å². The minimum absolute atomic E-state index is 0.380. The van der Waals surface area contributed by atoms with Gasteiger partial charge in [-0.3, -0.25) is 0 Å². The maximum absolute atomic E-state index is 12.0. The van der Waals surface area contributed by atoms with Gasteiger partial charge in [-0.15, -0.1) is 0 Å². The first-order valence-corrected chi connectivity index (χ1v) is 9.36. The maximum Gasteiger partial charge on any atom is 0.336 e. The molecule has 0 N–H and O–H groups in total. The van der Waals surface area contributed by atoms with E-state index in [1.54, 1.807) is 6.08 Å². The van der Waals surface area contributed by atoms with Crippen molar-refractivity contribution in [1.82, 2.24) is 0 Å². The largest absolute Gasteiger partial charge is 0.423 e. The molecule has 0 unspecified atom stereocenters. The van der Waals surface area contributed by atoms with Gasteiger partial charge in [0.2, 0.25) is 0 Å². The first-order valence-electron chi connectivity index (χ1n) is 9.36. The van der Waals surface area contributed by atoms with Gasteiger partial charge in [0, 0.05) is 6.08 Å². The number of esters is 1. The summed E-state index contributed by atoms with van der Waals surface area (Å²) in [5, 5.41) is 0. The highest BCUT2D eigenvalue weighted by Gasteiger charge is 2.03. The van der Waals surface area contributed by atoms with Crippen LogP contribution in [-0.4, -0.2) is 5.97 Å². The summed E-state index contributed by atoms with van der Waals surface area (Å²) >= 11 is 0. The zero-order valence-corrected chi connectivity index (χ0v) is 15.8. The van der Waals surface area contributed by atoms with Crippen LogP contribution < -0.4 is 4.74 Å². The third-order valence-electron chi connectivity index (χ3n) is 4.57. The molecule has 0 saturated carbocycles. The Kier molecular flexibility index (Phi) is 6.22. The van der Waals surface area contributed by atoms with Crippen LogP contribution in [0.5, 0.6) is 5.75 Å². The minimum Gasteiger partial charge on any atom is -0.423 e. The number of benzene rings is 3. The fourth-order valence-electron chi connectivity index (χ4n) is 2.83. The van der Waals surface area contributed by atoms with Crippen molar-refractivity contribution in [2.24, 2.45) is 0 Å². The third kappa shape index (κ3) is 5.18. The monoisotopic (exact) mass is 356 g/mol. The molecular formula is C25H24O2. The van der Waals surface area contributed by atoms with E-state index in [4.69, 9.17) is 4.74 Å². The molecule has 0 atom stereocenters. The molecule has 0 aliphatic carbocycles.